The summed E-state index contributed by atoms with van der Waals surface area (Å²) in [4.78, 5) is 8.85. The maximum absolute atomic E-state index is 4.42. The third kappa shape index (κ3) is 4.45. The molecule has 3 heteroatoms. The molecular formula is C16H21N3. The number of aromatic nitrogens is 2. The molecule has 0 amide bonds. The van der Waals surface area contributed by atoms with Gasteiger partial charge in [0.05, 0.1) is 0 Å². The monoisotopic (exact) mass is 255 g/mol. The highest BCUT2D eigenvalue weighted by Crippen LogP contribution is 2.07. The SMILES string of the molecule is CCCNCc1cnc(Cc2ccc(C)cc2)nc1. The van der Waals surface area contributed by atoms with Crippen LogP contribution in [-0.4, -0.2) is 16.5 Å². The van der Waals surface area contributed by atoms with Crippen LogP contribution in [0, 0.1) is 6.92 Å². The highest BCUT2D eigenvalue weighted by atomic mass is 14.9. The minimum atomic E-state index is 0.795. The lowest BCUT2D eigenvalue weighted by atomic mass is 10.1. The summed E-state index contributed by atoms with van der Waals surface area (Å²) in [5.74, 6) is 0.878. The van der Waals surface area contributed by atoms with Crippen molar-refractivity contribution in [2.75, 3.05) is 6.54 Å². The molecule has 1 aromatic heterocycles. The fourth-order valence-electron chi connectivity index (χ4n) is 1.86. The van der Waals surface area contributed by atoms with E-state index >= 15 is 0 Å². The van der Waals surface area contributed by atoms with Crippen molar-refractivity contribution in [1.82, 2.24) is 15.3 Å². The second-order valence-electron chi connectivity index (χ2n) is 4.85. The Labute approximate surface area is 115 Å². The van der Waals surface area contributed by atoms with Crippen LogP contribution in [0.25, 0.3) is 0 Å². The van der Waals surface area contributed by atoms with Gasteiger partial charge in [-0.3, -0.25) is 0 Å². The lowest BCUT2D eigenvalue weighted by Gasteiger charge is -2.04. The number of rotatable bonds is 6. The first-order chi connectivity index (χ1) is 9.28. The van der Waals surface area contributed by atoms with E-state index in [9.17, 15) is 0 Å². The van der Waals surface area contributed by atoms with E-state index in [1.165, 1.54) is 11.1 Å². The van der Waals surface area contributed by atoms with Gasteiger partial charge in [0.25, 0.3) is 0 Å². The standard InChI is InChI=1S/C16H21N3/c1-3-8-17-10-15-11-18-16(19-12-15)9-14-6-4-13(2)5-7-14/h4-7,11-12,17H,3,8-10H2,1-2H3. The molecule has 1 heterocycles. The molecule has 0 spiro atoms. The van der Waals surface area contributed by atoms with E-state index in [0.717, 1.165) is 37.3 Å². The van der Waals surface area contributed by atoms with Crippen molar-refractivity contribution in [3.63, 3.8) is 0 Å². The molecule has 19 heavy (non-hydrogen) atoms. The highest BCUT2D eigenvalue weighted by Gasteiger charge is 2.00. The average molecular weight is 255 g/mol. The molecule has 0 bridgehead atoms. The van der Waals surface area contributed by atoms with E-state index in [1.54, 1.807) is 0 Å². The zero-order valence-corrected chi connectivity index (χ0v) is 11.7. The van der Waals surface area contributed by atoms with Gasteiger partial charge < -0.3 is 5.32 Å². The van der Waals surface area contributed by atoms with Gasteiger partial charge in [-0.2, -0.15) is 0 Å². The van der Waals surface area contributed by atoms with Crippen LogP contribution in [0.15, 0.2) is 36.7 Å². The summed E-state index contributed by atoms with van der Waals surface area (Å²) in [7, 11) is 0. The number of nitrogens with zero attached hydrogens (tertiary/aromatic N) is 2. The number of benzene rings is 1. The van der Waals surface area contributed by atoms with Gasteiger partial charge in [0.2, 0.25) is 0 Å². The van der Waals surface area contributed by atoms with E-state index < -0.39 is 0 Å². The van der Waals surface area contributed by atoms with Crippen molar-refractivity contribution in [1.29, 1.82) is 0 Å². The molecule has 2 aromatic rings. The molecule has 0 aliphatic carbocycles. The molecule has 2 rings (SSSR count). The molecule has 1 aromatic carbocycles. The third-order valence-corrected chi connectivity index (χ3v) is 3.00. The van der Waals surface area contributed by atoms with Crippen LogP contribution in [0.4, 0.5) is 0 Å². The summed E-state index contributed by atoms with van der Waals surface area (Å²) in [6.45, 7) is 6.14. The fourth-order valence-corrected chi connectivity index (χ4v) is 1.86. The van der Waals surface area contributed by atoms with Crippen molar-refractivity contribution < 1.29 is 0 Å². The normalized spacial score (nSPS) is 10.6. The molecule has 0 saturated carbocycles. The molecule has 1 N–H and O–H groups in total. The highest BCUT2D eigenvalue weighted by molar-refractivity contribution is 5.24. The Hall–Kier alpha value is -1.74. The molecule has 0 aliphatic heterocycles. The quantitative estimate of drug-likeness (QED) is 0.807. The first kappa shape index (κ1) is 13.7. The van der Waals surface area contributed by atoms with E-state index in [-0.39, 0.29) is 0 Å². The van der Waals surface area contributed by atoms with Gasteiger partial charge >= 0.3 is 0 Å². The zero-order chi connectivity index (χ0) is 13.5. The molecule has 0 radical (unpaired) electrons. The Kier molecular flexibility index (Phi) is 5.04. The Bertz CT molecular complexity index is 488. The van der Waals surface area contributed by atoms with E-state index in [2.05, 4.69) is 53.4 Å². The van der Waals surface area contributed by atoms with Gasteiger partial charge in [-0.15, -0.1) is 0 Å². The average Bonchev–Trinajstić information content (AvgIpc) is 2.44. The maximum Gasteiger partial charge on any atom is 0.132 e. The topological polar surface area (TPSA) is 37.8 Å². The van der Waals surface area contributed by atoms with Crippen LogP contribution in [0.3, 0.4) is 0 Å². The molecule has 0 atom stereocenters. The molecule has 0 saturated heterocycles. The molecule has 100 valence electrons. The van der Waals surface area contributed by atoms with Crippen molar-refractivity contribution >= 4 is 0 Å². The first-order valence-corrected chi connectivity index (χ1v) is 6.84. The van der Waals surface area contributed by atoms with Gasteiger partial charge in [-0.1, -0.05) is 36.8 Å². The van der Waals surface area contributed by atoms with Gasteiger partial charge in [0.1, 0.15) is 5.82 Å². The number of hydrogen-bond donors (Lipinski definition) is 1. The van der Waals surface area contributed by atoms with E-state index in [4.69, 9.17) is 0 Å². The minimum Gasteiger partial charge on any atom is -0.313 e. The Morgan fingerprint density at radius 1 is 1.00 bits per heavy atom. The van der Waals surface area contributed by atoms with E-state index in [1.807, 2.05) is 12.4 Å². The molecule has 3 nitrogen and oxygen atoms in total. The lowest BCUT2D eigenvalue weighted by molar-refractivity contribution is 0.670. The minimum absolute atomic E-state index is 0.795. The van der Waals surface area contributed by atoms with Crippen molar-refractivity contribution in [3.8, 4) is 0 Å². The largest absolute Gasteiger partial charge is 0.313 e. The van der Waals surface area contributed by atoms with Crippen LogP contribution in [0.1, 0.15) is 35.9 Å². The van der Waals surface area contributed by atoms with Gasteiger partial charge in [0, 0.05) is 30.9 Å². The summed E-state index contributed by atoms with van der Waals surface area (Å²) in [6, 6.07) is 8.52. The number of aryl methyl sites for hydroxylation is 1. The van der Waals surface area contributed by atoms with Gasteiger partial charge in [-0.05, 0) is 25.5 Å². The predicted octanol–water partition coefficient (Wildman–Crippen LogP) is 2.88. The Morgan fingerprint density at radius 2 is 1.68 bits per heavy atom. The Morgan fingerprint density at radius 3 is 2.32 bits per heavy atom. The zero-order valence-electron chi connectivity index (χ0n) is 11.7. The molecular weight excluding hydrogens is 234 g/mol. The van der Waals surface area contributed by atoms with E-state index in [0.29, 0.717) is 0 Å². The summed E-state index contributed by atoms with van der Waals surface area (Å²) in [6.07, 6.45) is 5.77. The van der Waals surface area contributed by atoms with Crippen molar-refractivity contribution in [2.45, 2.75) is 33.2 Å². The fraction of sp³-hybridized carbons (Fsp3) is 0.375. The second-order valence-corrected chi connectivity index (χ2v) is 4.85. The molecule has 0 aliphatic rings. The first-order valence-electron chi connectivity index (χ1n) is 6.84. The maximum atomic E-state index is 4.42. The predicted molar refractivity (Wildman–Crippen MR) is 78.0 cm³/mol. The summed E-state index contributed by atoms with van der Waals surface area (Å²) >= 11 is 0. The van der Waals surface area contributed by atoms with Crippen molar-refractivity contribution in [3.05, 3.63) is 59.2 Å². The number of nitrogens with one attached hydrogen (secondary N) is 1. The summed E-state index contributed by atoms with van der Waals surface area (Å²) in [5.41, 5.74) is 3.67. The summed E-state index contributed by atoms with van der Waals surface area (Å²) < 4.78 is 0. The number of hydrogen-bond acceptors (Lipinski definition) is 3. The second kappa shape index (κ2) is 7.00. The lowest BCUT2D eigenvalue weighted by Crippen LogP contribution is -2.14. The van der Waals surface area contributed by atoms with Crippen LogP contribution >= 0.6 is 0 Å². The van der Waals surface area contributed by atoms with Crippen LogP contribution in [0.5, 0.6) is 0 Å². The van der Waals surface area contributed by atoms with Crippen LogP contribution in [0.2, 0.25) is 0 Å². The summed E-state index contributed by atoms with van der Waals surface area (Å²) in [5, 5.41) is 3.35. The molecule has 0 fully saturated rings. The van der Waals surface area contributed by atoms with Crippen LogP contribution in [-0.2, 0) is 13.0 Å². The van der Waals surface area contributed by atoms with Crippen LogP contribution < -0.4 is 5.32 Å². The van der Waals surface area contributed by atoms with Gasteiger partial charge in [-0.25, -0.2) is 9.97 Å². The van der Waals surface area contributed by atoms with Crippen molar-refractivity contribution in [2.24, 2.45) is 0 Å². The Balaban J connectivity index is 1.92. The molecule has 0 unspecified atom stereocenters. The smallest absolute Gasteiger partial charge is 0.132 e. The third-order valence-electron chi connectivity index (χ3n) is 3.00. The van der Waals surface area contributed by atoms with Gasteiger partial charge in [0.15, 0.2) is 0 Å².